The number of nitrogens with one attached hydrogen (secondary N) is 1. The topological polar surface area (TPSA) is 21.3 Å². The van der Waals surface area contributed by atoms with Gasteiger partial charge in [0.25, 0.3) is 0 Å². The molecule has 2 atom stereocenters. The molecule has 1 aliphatic carbocycles. The molecule has 94 valence electrons. The van der Waals surface area contributed by atoms with Crippen LogP contribution in [0.5, 0.6) is 5.75 Å². The van der Waals surface area contributed by atoms with Crippen molar-refractivity contribution < 1.29 is 4.74 Å². The number of benzene rings is 1. The largest absolute Gasteiger partial charge is 0.490 e. The van der Waals surface area contributed by atoms with E-state index in [9.17, 15) is 0 Å². The molecule has 17 heavy (non-hydrogen) atoms. The van der Waals surface area contributed by atoms with Gasteiger partial charge in [-0.25, -0.2) is 0 Å². The number of hydrogen-bond acceptors (Lipinski definition) is 2. The van der Waals surface area contributed by atoms with E-state index in [0.717, 1.165) is 12.3 Å². The van der Waals surface area contributed by atoms with Crippen LogP contribution in [0.4, 0.5) is 0 Å². The summed E-state index contributed by atoms with van der Waals surface area (Å²) < 4.78 is 6.21. The molecule has 0 aliphatic heterocycles. The molecule has 0 heterocycles. The van der Waals surface area contributed by atoms with Crippen LogP contribution in [0.15, 0.2) is 18.2 Å². The molecule has 0 aromatic heterocycles. The fraction of sp³-hybridized carbons (Fsp3) is 0.600. The van der Waals surface area contributed by atoms with Gasteiger partial charge in [0.1, 0.15) is 11.9 Å². The SMILES string of the molecule is CNCC1CCCC1Oc1cccc(C)c1C. The minimum absolute atomic E-state index is 0.392. The second-order valence-corrected chi connectivity index (χ2v) is 5.10. The Bertz CT molecular complexity index is 375. The first-order chi connectivity index (χ1) is 8.22. The van der Waals surface area contributed by atoms with E-state index < -0.39 is 0 Å². The molecular formula is C15H23NO. The van der Waals surface area contributed by atoms with Gasteiger partial charge in [-0.05, 0) is 57.4 Å². The van der Waals surface area contributed by atoms with E-state index in [0.29, 0.717) is 12.0 Å². The number of rotatable bonds is 4. The molecule has 0 spiro atoms. The third-order valence-corrected chi connectivity index (χ3v) is 3.89. The van der Waals surface area contributed by atoms with E-state index in [1.54, 1.807) is 0 Å². The van der Waals surface area contributed by atoms with Gasteiger partial charge in [-0.1, -0.05) is 12.1 Å². The van der Waals surface area contributed by atoms with Gasteiger partial charge in [-0.15, -0.1) is 0 Å². The normalized spacial score (nSPS) is 23.9. The molecule has 1 N–H and O–H groups in total. The predicted molar refractivity (Wildman–Crippen MR) is 71.6 cm³/mol. The van der Waals surface area contributed by atoms with Crippen molar-refractivity contribution in [1.29, 1.82) is 0 Å². The monoisotopic (exact) mass is 233 g/mol. The van der Waals surface area contributed by atoms with Crippen molar-refractivity contribution in [2.45, 2.75) is 39.2 Å². The fourth-order valence-corrected chi connectivity index (χ4v) is 2.67. The van der Waals surface area contributed by atoms with E-state index >= 15 is 0 Å². The van der Waals surface area contributed by atoms with Crippen molar-refractivity contribution in [3.8, 4) is 5.75 Å². The number of ether oxygens (including phenoxy) is 1. The third-order valence-electron chi connectivity index (χ3n) is 3.89. The third kappa shape index (κ3) is 2.81. The van der Waals surface area contributed by atoms with Crippen molar-refractivity contribution in [3.05, 3.63) is 29.3 Å². The van der Waals surface area contributed by atoms with Gasteiger partial charge >= 0.3 is 0 Å². The summed E-state index contributed by atoms with van der Waals surface area (Å²) in [6.45, 7) is 5.35. The lowest BCUT2D eigenvalue weighted by atomic mass is 10.1. The van der Waals surface area contributed by atoms with Crippen LogP contribution in [-0.4, -0.2) is 19.7 Å². The van der Waals surface area contributed by atoms with Crippen LogP contribution in [-0.2, 0) is 0 Å². The predicted octanol–water partition coefficient (Wildman–Crippen LogP) is 3.07. The van der Waals surface area contributed by atoms with Crippen LogP contribution in [0, 0.1) is 19.8 Å². The molecule has 2 unspecified atom stereocenters. The second kappa shape index (κ2) is 5.54. The second-order valence-electron chi connectivity index (χ2n) is 5.10. The van der Waals surface area contributed by atoms with Gasteiger partial charge in [0.2, 0.25) is 0 Å². The van der Waals surface area contributed by atoms with Crippen LogP contribution in [0.1, 0.15) is 30.4 Å². The highest BCUT2D eigenvalue weighted by Gasteiger charge is 2.28. The molecule has 2 heteroatoms. The highest BCUT2D eigenvalue weighted by molar-refractivity contribution is 5.38. The minimum Gasteiger partial charge on any atom is -0.490 e. The first kappa shape index (κ1) is 12.4. The first-order valence-electron chi connectivity index (χ1n) is 6.60. The standard InChI is InChI=1S/C15H23NO/c1-11-6-4-8-14(12(11)2)17-15-9-5-7-13(15)10-16-3/h4,6,8,13,15-16H,5,7,9-10H2,1-3H3. The van der Waals surface area contributed by atoms with E-state index in [4.69, 9.17) is 4.74 Å². The maximum Gasteiger partial charge on any atom is 0.122 e. The maximum absolute atomic E-state index is 6.21. The summed E-state index contributed by atoms with van der Waals surface area (Å²) in [6, 6.07) is 6.32. The van der Waals surface area contributed by atoms with Crippen molar-refractivity contribution in [1.82, 2.24) is 5.32 Å². The van der Waals surface area contributed by atoms with Crippen LogP contribution in [0.3, 0.4) is 0 Å². The van der Waals surface area contributed by atoms with Gasteiger partial charge in [-0.3, -0.25) is 0 Å². The molecule has 2 nitrogen and oxygen atoms in total. The maximum atomic E-state index is 6.21. The lowest BCUT2D eigenvalue weighted by Gasteiger charge is -2.22. The summed E-state index contributed by atoms with van der Waals surface area (Å²) >= 11 is 0. The van der Waals surface area contributed by atoms with Gasteiger partial charge in [0, 0.05) is 12.5 Å². The quantitative estimate of drug-likeness (QED) is 0.863. The molecule has 1 aromatic rings. The summed E-state index contributed by atoms with van der Waals surface area (Å²) in [5.74, 6) is 1.73. The minimum atomic E-state index is 0.392. The zero-order chi connectivity index (χ0) is 12.3. The van der Waals surface area contributed by atoms with E-state index in [1.165, 1.54) is 30.4 Å². The summed E-state index contributed by atoms with van der Waals surface area (Å²) in [5, 5.41) is 3.27. The van der Waals surface area contributed by atoms with E-state index in [2.05, 4.69) is 37.4 Å². The molecule has 0 bridgehead atoms. The highest BCUT2D eigenvalue weighted by Crippen LogP contribution is 2.31. The Morgan fingerprint density at radius 3 is 2.88 bits per heavy atom. The van der Waals surface area contributed by atoms with Crippen LogP contribution in [0.25, 0.3) is 0 Å². The Hall–Kier alpha value is -1.02. The molecule has 0 saturated heterocycles. The Kier molecular flexibility index (Phi) is 4.06. The number of aryl methyl sites for hydroxylation is 1. The molecule has 0 amide bonds. The Labute approximate surface area is 104 Å². The molecular weight excluding hydrogens is 210 g/mol. The van der Waals surface area contributed by atoms with Crippen molar-refractivity contribution in [2.75, 3.05) is 13.6 Å². The lowest BCUT2D eigenvalue weighted by Crippen LogP contribution is -2.29. The Balaban J connectivity index is 2.07. The molecule has 2 rings (SSSR count). The van der Waals surface area contributed by atoms with Gasteiger partial charge in [-0.2, -0.15) is 0 Å². The van der Waals surface area contributed by atoms with E-state index in [1.807, 2.05) is 7.05 Å². The van der Waals surface area contributed by atoms with Gasteiger partial charge < -0.3 is 10.1 Å². The molecule has 1 aliphatic rings. The number of hydrogen-bond donors (Lipinski definition) is 1. The summed E-state index contributed by atoms with van der Waals surface area (Å²) in [5.41, 5.74) is 2.59. The Morgan fingerprint density at radius 2 is 2.12 bits per heavy atom. The van der Waals surface area contributed by atoms with Crippen molar-refractivity contribution in [2.24, 2.45) is 5.92 Å². The average Bonchev–Trinajstić information content (AvgIpc) is 2.73. The zero-order valence-corrected chi connectivity index (χ0v) is 11.1. The summed E-state index contributed by atoms with van der Waals surface area (Å²) in [7, 11) is 2.02. The molecule has 1 aromatic carbocycles. The summed E-state index contributed by atoms with van der Waals surface area (Å²) in [6.07, 6.45) is 4.17. The molecule has 0 radical (unpaired) electrons. The Morgan fingerprint density at radius 1 is 1.29 bits per heavy atom. The zero-order valence-electron chi connectivity index (χ0n) is 11.1. The van der Waals surface area contributed by atoms with Gasteiger partial charge in [0.05, 0.1) is 0 Å². The molecule has 1 saturated carbocycles. The van der Waals surface area contributed by atoms with Gasteiger partial charge in [0.15, 0.2) is 0 Å². The van der Waals surface area contributed by atoms with Crippen molar-refractivity contribution in [3.63, 3.8) is 0 Å². The highest BCUT2D eigenvalue weighted by atomic mass is 16.5. The van der Waals surface area contributed by atoms with Crippen LogP contribution >= 0.6 is 0 Å². The van der Waals surface area contributed by atoms with E-state index in [-0.39, 0.29) is 0 Å². The average molecular weight is 233 g/mol. The first-order valence-corrected chi connectivity index (χ1v) is 6.60. The van der Waals surface area contributed by atoms with Crippen LogP contribution < -0.4 is 10.1 Å². The molecule has 1 fully saturated rings. The van der Waals surface area contributed by atoms with Crippen LogP contribution in [0.2, 0.25) is 0 Å². The fourth-order valence-electron chi connectivity index (χ4n) is 2.67. The summed E-state index contributed by atoms with van der Waals surface area (Å²) in [4.78, 5) is 0. The van der Waals surface area contributed by atoms with Crippen molar-refractivity contribution >= 4 is 0 Å². The smallest absolute Gasteiger partial charge is 0.122 e. The lowest BCUT2D eigenvalue weighted by molar-refractivity contribution is 0.157.